The van der Waals surface area contributed by atoms with E-state index in [1.165, 1.54) is 37.7 Å². The average molecular weight is 299 g/mol. The van der Waals surface area contributed by atoms with E-state index in [0.717, 1.165) is 24.7 Å². The number of rotatable bonds is 2. The lowest BCUT2D eigenvalue weighted by Crippen LogP contribution is -2.32. The van der Waals surface area contributed by atoms with Crippen molar-refractivity contribution in [1.29, 1.82) is 0 Å². The third-order valence-electron chi connectivity index (χ3n) is 4.45. The number of hydrogen-bond acceptors (Lipinski definition) is 1. The van der Waals surface area contributed by atoms with Gasteiger partial charge in [0.1, 0.15) is 6.29 Å². The van der Waals surface area contributed by atoms with Gasteiger partial charge >= 0.3 is 0 Å². The molecule has 1 saturated carbocycles. The number of carbonyl (C=O) groups is 1. The van der Waals surface area contributed by atoms with Crippen molar-refractivity contribution in [3.8, 4) is 0 Å². The highest BCUT2D eigenvalue weighted by Gasteiger charge is 2.36. The molecule has 2 aliphatic rings. The molecule has 2 aliphatic carbocycles. The van der Waals surface area contributed by atoms with Crippen molar-refractivity contribution in [2.45, 2.75) is 63.6 Å². The van der Waals surface area contributed by atoms with Crippen LogP contribution in [-0.2, 0) is 4.79 Å². The highest BCUT2D eigenvalue weighted by molar-refractivity contribution is 9.09. The van der Waals surface area contributed by atoms with Crippen molar-refractivity contribution in [2.75, 3.05) is 0 Å². The highest BCUT2D eigenvalue weighted by atomic mass is 79.9. The summed E-state index contributed by atoms with van der Waals surface area (Å²) in [4.78, 5) is 11.8. The predicted octanol–water partition coefficient (Wildman–Crippen LogP) is 4.65. The quantitative estimate of drug-likeness (QED) is 0.536. The minimum atomic E-state index is 0.438. The SMILES string of the molecule is CC1(C)CCC(Br)C(C2=C(C=O)CCCC2)C1. The van der Waals surface area contributed by atoms with Crippen LogP contribution in [0.4, 0.5) is 0 Å². The molecule has 0 N–H and O–H groups in total. The second-order valence-electron chi connectivity index (χ2n) is 6.40. The fraction of sp³-hybridized carbons (Fsp3) is 0.800. The zero-order valence-corrected chi connectivity index (χ0v) is 12.6. The molecular weight excluding hydrogens is 276 g/mol. The van der Waals surface area contributed by atoms with Crippen LogP contribution >= 0.6 is 15.9 Å². The molecule has 0 aromatic carbocycles. The summed E-state index contributed by atoms with van der Waals surface area (Å²) >= 11 is 3.85. The molecule has 17 heavy (non-hydrogen) atoms. The average Bonchev–Trinajstić information content (AvgIpc) is 2.32. The maximum Gasteiger partial charge on any atom is 0.145 e. The van der Waals surface area contributed by atoms with Gasteiger partial charge in [0.15, 0.2) is 0 Å². The van der Waals surface area contributed by atoms with E-state index in [4.69, 9.17) is 0 Å². The second kappa shape index (κ2) is 5.26. The van der Waals surface area contributed by atoms with Gasteiger partial charge in [-0.2, -0.15) is 0 Å². The van der Waals surface area contributed by atoms with Crippen LogP contribution in [0, 0.1) is 11.3 Å². The molecule has 0 radical (unpaired) electrons. The van der Waals surface area contributed by atoms with Crippen molar-refractivity contribution in [1.82, 2.24) is 0 Å². The van der Waals surface area contributed by atoms with Gasteiger partial charge < -0.3 is 0 Å². The van der Waals surface area contributed by atoms with Gasteiger partial charge in [0, 0.05) is 4.83 Å². The lowest BCUT2D eigenvalue weighted by atomic mass is 9.67. The molecule has 2 unspecified atom stereocenters. The molecule has 0 amide bonds. The lowest BCUT2D eigenvalue weighted by Gasteiger charge is -2.41. The normalized spacial score (nSPS) is 33.6. The number of aldehydes is 1. The van der Waals surface area contributed by atoms with E-state index in [-0.39, 0.29) is 0 Å². The summed E-state index contributed by atoms with van der Waals surface area (Å²) in [7, 11) is 0. The molecule has 2 heteroatoms. The molecule has 0 aromatic rings. The van der Waals surface area contributed by atoms with Crippen molar-refractivity contribution < 1.29 is 4.79 Å². The van der Waals surface area contributed by atoms with Gasteiger partial charge in [-0.25, -0.2) is 0 Å². The fourth-order valence-electron chi connectivity index (χ4n) is 3.41. The summed E-state index contributed by atoms with van der Waals surface area (Å²) in [5.41, 5.74) is 3.03. The third kappa shape index (κ3) is 3.01. The van der Waals surface area contributed by atoms with Crippen LogP contribution in [0.2, 0.25) is 0 Å². The van der Waals surface area contributed by atoms with Crippen molar-refractivity contribution >= 4 is 22.2 Å². The molecule has 96 valence electrons. The maximum absolute atomic E-state index is 11.2. The van der Waals surface area contributed by atoms with Crippen LogP contribution < -0.4 is 0 Å². The highest BCUT2D eigenvalue weighted by Crippen LogP contribution is 2.47. The Kier molecular flexibility index (Phi) is 4.12. The first-order valence-electron chi connectivity index (χ1n) is 6.85. The number of carbonyl (C=O) groups excluding carboxylic acids is 1. The summed E-state index contributed by atoms with van der Waals surface area (Å²) in [5.74, 6) is 0.597. The third-order valence-corrected chi connectivity index (χ3v) is 5.55. The Morgan fingerprint density at radius 2 is 2.00 bits per heavy atom. The van der Waals surface area contributed by atoms with Crippen LogP contribution in [0.25, 0.3) is 0 Å². The smallest absolute Gasteiger partial charge is 0.145 e. The number of alkyl halides is 1. The van der Waals surface area contributed by atoms with E-state index in [9.17, 15) is 4.79 Å². The van der Waals surface area contributed by atoms with Crippen LogP contribution in [0.3, 0.4) is 0 Å². The van der Waals surface area contributed by atoms with E-state index in [2.05, 4.69) is 29.8 Å². The summed E-state index contributed by atoms with van der Waals surface area (Å²) in [6.45, 7) is 4.73. The van der Waals surface area contributed by atoms with E-state index in [1.807, 2.05) is 0 Å². The Bertz CT molecular complexity index is 330. The topological polar surface area (TPSA) is 17.1 Å². The molecular formula is C15H23BrO. The largest absolute Gasteiger partial charge is 0.298 e. The summed E-state index contributed by atoms with van der Waals surface area (Å²) in [6, 6.07) is 0. The zero-order chi connectivity index (χ0) is 12.5. The first kappa shape index (κ1) is 13.3. The van der Waals surface area contributed by atoms with Crippen molar-refractivity contribution in [2.24, 2.45) is 11.3 Å². The first-order chi connectivity index (χ1) is 8.03. The summed E-state index contributed by atoms with van der Waals surface area (Å²) < 4.78 is 0. The minimum Gasteiger partial charge on any atom is -0.298 e. The monoisotopic (exact) mass is 298 g/mol. The molecule has 2 rings (SSSR count). The Labute approximate surface area is 113 Å². The van der Waals surface area contributed by atoms with Crippen LogP contribution in [0.5, 0.6) is 0 Å². The van der Waals surface area contributed by atoms with Crippen molar-refractivity contribution in [3.05, 3.63) is 11.1 Å². The van der Waals surface area contributed by atoms with Crippen LogP contribution in [-0.4, -0.2) is 11.1 Å². The Hall–Kier alpha value is -0.110. The van der Waals surface area contributed by atoms with Gasteiger partial charge in [-0.1, -0.05) is 35.4 Å². The standard InChI is InChI=1S/C15H23BrO/c1-15(2)8-7-14(16)13(9-15)12-6-4-3-5-11(12)10-17/h10,13-14H,3-9H2,1-2H3. The van der Waals surface area contributed by atoms with Gasteiger partial charge in [0.25, 0.3) is 0 Å². The van der Waals surface area contributed by atoms with Gasteiger partial charge in [0.2, 0.25) is 0 Å². The first-order valence-corrected chi connectivity index (χ1v) is 7.76. The summed E-state index contributed by atoms with van der Waals surface area (Å²) in [6.07, 6.45) is 9.51. The minimum absolute atomic E-state index is 0.438. The van der Waals surface area contributed by atoms with E-state index < -0.39 is 0 Å². The Morgan fingerprint density at radius 1 is 1.29 bits per heavy atom. The number of allylic oxidation sites excluding steroid dienone is 2. The fourth-order valence-corrected chi connectivity index (χ4v) is 4.14. The zero-order valence-electron chi connectivity index (χ0n) is 11.0. The molecule has 0 spiro atoms. The molecule has 1 fully saturated rings. The van der Waals surface area contributed by atoms with Crippen LogP contribution in [0.1, 0.15) is 58.8 Å². The maximum atomic E-state index is 11.2. The second-order valence-corrected chi connectivity index (χ2v) is 7.58. The van der Waals surface area contributed by atoms with Gasteiger partial charge in [0.05, 0.1) is 0 Å². The van der Waals surface area contributed by atoms with Crippen LogP contribution in [0.15, 0.2) is 11.1 Å². The molecule has 0 saturated heterocycles. The number of halogens is 1. The lowest BCUT2D eigenvalue weighted by molar-refractivity contribution is -0.105. The molecule has 2 atom stereocenters. The predicted molar refractivity (Wildman–Crippen MR) is 75.4 cm³/mol. The summed E-state index contributed by atoms with van der Waals surface area (Å²) in [5, 5.41) is 0. The Morgan fingerprint density at radius 3 is 2.71 bits per heavy atom. The van der Waals surface area contributed by atoms with E-state index >= 15 is 0 Å². The van der Waals surface area contributed by atoms with Gasteiger partial charge in [-0.3, -0.25) is 4.79 Å². The molecule has 1 nitrogen and oxygen atoms in total. The Balaban J connectivity index is 2.24. The molecule has 0 heterocycles. The molecule has 0 bridgehead atoms. The molecule has 0 aromatic heterocycles. The van der Waals surface area contributed by atoms with E-state index in [1.54, 1.807) is 0 Å². The molecule has 0 aliphatic heterocycles. The number of hydrogen-bond donors (Lipinski definition) is 0. The van der Waals surface area contributed by atoms with Gasteiger partial charge in [-0.15, -0.1) is 0 Å². The van der Waals surface area contributed by atoms with Crippen molar-refractivity contribution in [3.63, 3.8) is 0 Å². The van der Waals surface area contributed by atoms with Gasteiger partial charge in [-0.05, 0) is 61.9 Å². The van der Waals surface area contributed by atoms with E-state index in [0.29, 0.717) is 16.2 Å².